The van der Waals surface area contributed by atoms with Gasteiger partial charge in [0.1, 0.15) is 0 Å². The molecule has 0 heteroatoms. The fourth-order valence-corrected chi connectivity index (χ4v) is 0.776. The summed E-state index contributed by atoms with van der Waals surface area (Å²) in [7, 11) is 0. The molecule has 0 bridgehead atoms. The van der Waals surface area contributed by atoms with Crippen LogP contribution in [0.3, 0.4) is 0 Å². The van der Waals surface area contributed by atoms with Crippen molar-refractivity contribution in [3.63, 3.8) is 0 Å². The van der Waals surface area contributed by atoms with Crippen molar-refractivity contribution in [2.45, 2.75) is 26.2 Å². The van der Waals surface area contributed by atoms with Crippen molar-refractivity contribution in [3.8, 4) is 12.3 Å². The highest BCUT2D eigenvalue weighted by Crippen LogP contribution is 2.10. The third-order valence-corrected chi connectivity index (χ3v) is 1.49. The second-order valence-electron chi connectivity index (χ2n) is 2.56. The van der Waals surface area contributed by atoms with Gasteiger partial charge in [-0.05, 0) is 25.2 Å². The van der Waals surface area contributed by atoms with E-state index in [9.17, 15) is 0 Å². The van der Waals surface area contributed by atoms with Crippen LogP contribution in [0.2, 0.25) is 0 Å². The smallest absolute Gasteiger partial charge is 0.00885 e. The van der Waals surface area contributed by atoms with Gasteiger partial charge in [0.2, 0.25) is 0 Å². The Balaban J connectivity index is 3.17. The van der Waals surface area contributed by atoms with Crippen molar-refractivity contribution >= 4 is 0 Å². The van der Waals surface area contributed by atoms with E-state index >= 15 is 0 Å². The van der Waals surface area contributed by atoms with Crippen molar-refractivity contribution in [2.24, 2.45) is 5.92 Å². The Morgan fingerprint density at radius 1 is 1.70 bits per heavy atom. The van der Waals surface area contributed by atoms with Crippen molar-refractivity contribution in [1.29, 1.82) is 0 Å². The zero-order valence-electron chi connectivity index (χ0n) is 6.64. The van der Waals surface area contributed by atoms with E-state index in [4.69, 9.17) is 6.42 Å². The molecule has 0 heterocycles. The highest BCUT2D eigenvalue weighted by Gasteiger charge is 1.97. The lowest BCUT2D eigenvalue weighted by Crippen LogP contribution is -1.92. The predicted octanol–water partition coefficient (Wildman–Crippen LogP) is 2.82. The van der Waals surface area contributed by atoms with Gasteiger partial charge in [0.25, 0.3) is 0 Å². The molecule has 1 unspecified atom stereocenters. The van der Waals surface area contributed by atoms with Crippen LogP contribution >= 0.6 is 0 Å². The predicted molar refractivity (Wildman–Crippen MR) is 46.3 cm³/mol. The van der Waals surface area contributed by atoms with Crippen LogP contribution in [-0.4, -0.2) is 0 Å². The van der Waals surface area contributed by atoms with Gasteiger partial charge in [-0.25, -0.2) is 0 Å². The maximum atomic E-state index is 5.13. The average Bonchev–Trinajstić information content (AvgIpc) is 1.97. The lowest BCUT2D eigenvalue weighted by atomic mass is 10.0. The molecule has 0 saturated carbocycles. The molecule has 0 rings (SSSR count). The van der Waals surface area contributed by atoms with E-state index in [0.29, 0.717) is 5.92 Å². The van der Waals surface area contributed by atoms with Crippen LogP contribution in [-0.2, 0) is 0 Å². The first-order valence-electron chi connectivity index (χ1n) is 3.69. The maximum Gasteiger partial charge on any atom is 0.00885 e. The number of hydrogen-bond donors (Lipinski definition) is 0. The molecule has 0 aliphatic heterocycles. The largest absolute Gasteiger partial charge is 0.120 e. The molecule has 0 spiro atoms. The second-order valence-corrected chi connectivity index (χ2v) is 2.56. The third kappa shape index (κ3) is 5.44. The van der Waals surface area contributed by atoms with Gasteiger partial charge in [0.05, 0.1) is 0 Å². The Labute approximate surface area is 64.3 Å². The molecule has 0 nitrogen and oxygen atoms in total. The number of allylic oxidation sites excluding steroid dienone is 1. The van der Waals surface area contributed by atoms with Gasteiger partial charge in [-0.2, -0.15) is 0 Å². The molecule has 0 aromatic carbocycles. The van der Waals surface area contributed by atoms with E-state index in [1.165, 1.54) is 0 Å². The van der Waals surface area contributed by atoms with Crippen LogP contribution in [0.15, 0.2) is 12.7 Å². The van der Waals surface area contributed by atoms with E-state index in [1.807, 2.05) is 6.08 Å². The average molecular weight is 135 g/mol. The van der Waals surface area contributed by atoms with Crippen LogP contribution in [0.1, 0.15) is 26.2 Å². The normalized spacial score (nSPS) is 12.0. The summed E-state index contributed by atoms with van der Waals surface area (Å²) in [4.78, 5) is 0. The molecule has 0 aliphatic carbocycles. The van der Waals surface area contributed by atoms with E-state index in [2.05, 4.69) is 25.8 Å². The van der Waals surface area contributed by atoms with E-state index in [1.54, 1.807) is 0 Å². The van der Waals surface area contributed by atoms with Crippen molar-refractivity contribution in [2.75, 3.05) is 0 Å². The first-order valence-corrected chi connectivity index (χ1v) is 3.69. The van der Waals surface area contributed by atoms with Crippen LogP contribution in [0.25, 0.3) is 0 Å². The minimum Gasteiger partial charge on any atom is -0.120 e. The maximum absolute atomic E-state index is 5.13. The van der Waals surface area contributed by atoms with E-state index < -0.39 is 0 Å². The zero-order valence-corrected chi connectivity index (χ0v) is 6.64. The minimum atomic E-state index is 0.703. The van der Waals surface area contributed by atoms with Crippen LogP contribution in [0.4, 0.5) is 0 Å². The fraction of sp³-hybridized carbons (Fsp3) is 0.500. The molecular weight excluding hydrogens is 120 g/mol. The molecular formula is C10H15. The highest BCUT2D eigenvalue weighted by atomic mass is 14.0. The molecule has 0 N–H and O–H groups in total. The van der Waals surface area contributed by atoms with Gasteiger partial charge in [0, 0.05) is 6.42 Å². The SMILES string of the molecule is C#CCCC(C)C[CH]C=C. The first kappa shape index (κ1) is 9.30. The summed E-state index contributed by atoms with van der Waals surface area (Å²) in [5.41, 5.74) is 0. The summed E-state index contributed by atoms with van der Waals surface area (Å²) < 4.78 is 0. The van der Waals surface area contributed by atoms with Gasteiger partial charge < -0.3 is 0 Å². The Bertz CT molecular complexity index is 116. The Kier molecular flexibility index (Phi) is 5.97. The van der Waals surface area contributed by atoms with E-state index in [0.717, 1.165) is 19.3 Å². The molecule has 10 heavy (non-hydrogen) atoms. The van der Waals surface area contributed by atoms with Crippen molar-refractivity contribution in [3.05, 3.63) is 19.1 Å². The molecule has 1 radical (unpaired) electrons. The molecule has 0 aromatic heterocycles. The topological polar surface area (TPSA) is 0 Å². The quantitative estimate of drug-likeness (QED) is 0.508. The minimum absolute atomic E-state index is 0.703. The van der Waals surface area contributed by atoms with Gasteiger partial charge >= 0.3 is 0 Å². The lowest BCUT2D eigenvalue weighted by Gasteiger charge is -2.05. The Hall–Kier alpha value is -0.700. The molecule has 0 amide bonds. The van der Waals surface area contributed by atoms with Crippen LogP contribution in [0.5, 0.6) is 0 Å². The molecule has 1 atom stereocenters. The molecule has 0 aromatic rings. The van der Waals surface area contributed by atoms with Gasteiger partial charge in [-0.3, -0.25) is 0 Å². The summed E-state index contributed by atoms with van der Waals surface area (Å²) in [6.45, 7) is 5.82. The lowest BCUT2D eigenvalue weighted by molar-refractivity contribution is 0.540. The summed E-state index contributed by atoms with van der Waals surface area (Å²) in [5, 5.41) is 0. The van der Waals surface area contributed by atoms with Gasteiger partial charge in [-0.15, -0.1) is 18.9 Å². The second kappa shape index (κ2) is 6.42. The Morgan fingerprint density at radius 2 is 2.40 bits per heavy atom. The highest BCUT2D eigenvalue weighted by molar-refractivity contribution is 4.89. The number of rotatable bonds is 5. The monoisotopic (exact) mass is 135 g/mol. The molecule has 0 fully saturated rings. The fourth-order valence-electron chi connectivity index (χ4n) is 0.776. The summed E-state index contributed by atoms with van der Waals surface area (Å²) >= 11 is 0. The first-order chi connectivity index (χ1) is 4.81. The van der Waals surface area contributed by atoms with E-state index in [-0.39, 0.29) is 0 Å². The third-order valence-electron chi connectivity index (χ3n) is 1.49. The number of terminal acetylenes is 1. The molecule has 0 saturated heterocycles. The zero-order chi connectivity index (χ0) is 7.82. The summed E-state index contributed by atoms with van der Waals surface area (Å²) in [5.74, 6) is 3.34. The molecule has 0 aliphatic rings. The number of hydrogen-bond acceptors (Lipinski definition) is 0. The Morgan fingerprint density at radius 3 is 2.90 bits per heavy atom. The summed E-state index contributed by atoms with van der Waals surface area (Å²) in [6, 6.07) is 0. The standard InChI is InChI=1S/C10H15/c1-4-6-8-10(3)9-7-5-2/h1,5,7,10H,2,6,8-9H2,3H3. The van der Waals surface area contributed by atoms with Crippen molar-refractivity contribution < 1.29 is 0 Å². The van der Waals surface area contributed by atoms with Crippen molar-refractivity contribution in [1.82, 2.24) is 0 Å². The van der Waals surface area contributed by atoms with Crippen LogP contribution < -0.4 is 0 Å². The summed E-state index contributed by atoms with van der Waals surface area (Å²) in [6.07, 6.45) is 12.2. The van der Waals surface area contributed by atoms with Crippen LogP contribution in [0, 0.1) is 24.7 Å². The van der Waals surface area contributed by atoms with Gasteiger partial charge in [-0.1, -0.05) is 13.0 Å². The molecule has 55 valence electrons. The van der Waals surface area contributed by atoms with Gasteiger partial charge in [0.15, 0.2) is 0 Å².